The van der Waals surface area contributed by atoms with Crippen LogP contribution in [0.15, 0.2) is 60.1 Å². The largest absolute Gasteiger partial charge is 0.464 e. The van der Waals surface area contributed by atoms with Crippen molar-refractivity contribution in [3.05, 3.63) is 70.8 Å². The zero-order valence-electron chi connectivity index (χ0n) is 16.8. The van der Waals surface area contributed by atoms with Crippen molar-refractivity contribution in [2.45, 2.75) is 6.18 Å². The number of nitrogens with zero attached hydrogens (tertiary/aromatic N) is 2. The SMILES string of the molecule is COC(=O)c1ncc(NC(=O)/C(C=N)=C(/Nc2cccc3ncccc23)C(F)(F)F)cc1Cl. The summed E-state index contributed by atoms with van der Waals surface area (Å²) in [4.78, 5) is 32.0. The van der Waals surface area contributed by atoms with Crippen LogP contribution in [0.1, 0.15) is 10.5 Å². The first kappa shape index (κ1) is 23.7. The lowest BCUT2D eigenvalue weighted by Crippen LogP contribution is -2.27. The summed E-state index contributed by atoms with van der Waals surface area (Å²) < 4.78 is 46.1. The highest BCUT2D eigenvalue weighted by molar-refractivity contribution is 6.33. The molecular weight excluding hydrogens is 463 g/mol. The number of carbonyl (C=O) groups is 2. The fourth-order valence-electron chi connectivity index (χ4n) is 2.84. The van der Waals surface area contributed by atoms with Crippen LogP contribution >= 0.6 is 11.6 Å². The second-order valence-corrected chi connectivity index (χ2v) is 6.84. The summed E-state index contributed by atoms with van der Waals surface area (Å²) in [6, 6.07) is 8.77. The smallest absolute Gasteiger partial charge is 0.432 e. The van der Waals surface area contributed by atoms with E-state index in [0.717, 1.165) is 19.4 Å². The molecule has 0 aliphatic rings. The molecule has 3 rings (SSSR count). The molecule has 0 saturated carbocycles. The summed E-state index contributed by atoms with van der Waals surface area (Å²) in [6.07, 6.45) is -2.20. The molecule has 33 heavy (non-hydrogen) atoms. The first-order valence-corrected chi connectivity index (χ1v) is 9.51. The Morgan fingerprint density at radius 2 is 1.91 bits per heavy atom. The van der Waals surface area contributed by atoms with E-state index in [1.54, 1.807) is 18.2 Å². The van der Waals surface area contributed by atoms with Crippen molar-refractivity contribution in [2.24, 2.45) is 0 Å². The van der Waals surface area contributed by atoms with E-state index in [4.69, 9.17) is 17.0 Å². The van der Waals surface area contributed by atoms with Gasteiger partial charge in [-0.1, -0.05) is 17.7 Å². The van der Waals surface area contributed by atoms with Gasteiger partial charge in [-0.3, -0.25) is 9.78 Å². The molecule has 1 amide bonds. The van der Waals surface area contributed by atoms with Crippen molar-refractivity contribution in [3.8, 4) is 0 Å². The van der Waals surface area contributed by atoms with Gasteiger partial charge in [0.2, 0.25) is 0 Å². The molecule has 0 fully saturated rings. The van der Waals surface area contributed by atoms with Gasteiger partial charge in [-0.2, -0.15) is 13.2 Å². The molecule has 2 aromatic heterocycles. The van der Waals surface area contributed by atoms with Crippen LogP contribution in [-0.4, -0.2) is 41.3 Å². The fraction of sp³-hybridized carbons (Fsp3) is 0.0952. The van der Waals surface area contributed by atoms with Crippen molar-refractivity contribution in [1.29, 1.82) is 5.41 Å². The van der Waals surface area contributed by atoms with E-state index >= 15 is 0 Å². The summed E-state index contributed by atoms with van der Waals surface area (Å²) in [6.45, 7) is 0. The number of amides is 1. The number of methoxy groups -OCH3 is 1. The second-order valence-electron chi connectivity index (χ2n) is 6.43. The molecule has 12 heteroatoms. The molecule has 0 spiro atoms. The number of hydrogen-bond acceptors (Lipinski definition) is 7. The van der Waals surface area contributed by atoms with Gasteiger partial charge in [0.1, 0.15) is 5.70 Å². The summed E-state index contributed by atoms with van der Waals surface area (Å²) in [5, 5.41) is 12.1. The minimum Gasteiger partial charge on any atom is -0.464 e. The molecule has 3 N–H and O–H groups in total. The molecule has 170 valence electrons. The van der Waals surface area contributed by atoms with Crippen molar-refractivity contribution in [3.63, 3.8) is 0 Å². The maximum absolute atomic E-state index is 13.9. The van der Waals surface area contributed by atoms with Crippen LogP contribution in [0.25, 0.3) is 10.9 Å². The molecule has 8 nitrogen and oxygen atoms in total. The number of aromatic nitrogens is 2. The number of carbonyl (C=O) groups excluding carboxylic acids is 2. The van der Waals surface area contributed by atoms with E-state index in [0.29, 0.717) is 10.9 Å². The highest BCUT2D eigenvalue weighted by Gasteiger charge is 2.38. The number of esters is 1. The molecular formula is C21H15ClF3N5O3. The number of anilines is 2. The maximum Gasteiger partial charge on any atom is 0.432 e. The Bertz CT molecular complexity index is 1270. The molecule has 3 aromatic rings. The van der Waals surface area contributed by atoms with E-state index in [1.165, 1.54) is 18.3 Å². The lowest BCUT2D eigenvalue weighted by Gasteiger charge is -2.18. The van der Waals surface area contributed by atoms with Gasteiger partial charge >= 0.3 is 12.1 Å². The molecule has 0 bridgehead atoms. The maximum atomic E-state index is 13.9. The van der Waals surface area contributed by atoms with E-state index in [1.807, 2.05) is 0 Å². The molecule has 2 heterocycles. The van der Waals surface area contributed by atoms with E-state index in [2.05, 4.69) is 25.3 Å². The Balaban J connectivity index is 1.99. The number of ether oxygens (including phenoxy) is 1. The molecule has 0 atom stereocenters. The zero-order chi connectivity index (χ0) is 24.2. The van der Waals surface area contributed by atoms with Crippen molar-refractivity contribution < 1.29 is 27.5 Å². The Labute approximate surface area is 189 Å². The Hall–Kier alpha value is -3.99. The second kappa shape index (κ2) is 9.65. The third kappa shape index (κ3) is 5.26. The van der Waals surface area contributed by atoms with Crippen molar-refractivity contribution in [1.82, 2.24) is 9.97 Å². The standard InChI is InChI=1S/C21H15ClF3N5O3/c1-33-20(32)17-14(22)8-11(10-28-17)29-19(31)13(9-26)18(21(23,24)25)30-16-6-2-5-15-12(16)4-3-7-27-15/h2-10,26,30H,1H3,(H,29,31)/b18-13+,26-9?. The van der Waals surface area contributed by atoms with Crippen LogP contribution in [0, 0.1) is 5.41 Å². The molecule has 0 aliphatic heterocycles. The average molecular weight is 478 g/mol. The van der Waals surface area contributed by atoms with Gasteiger partial charge in [-0.25, -0.2) is 9.78 Å². The van der Waals surface area contributed by atoms with Crippen LogP contribution in [-0.2, 0) is 9.53 Å². The topological polar surface area (TPSA) is 117 Å². The lowest BCUT2D eigenvalue weighted by atomic mass is 10.1. The van der Waals surface area contributed by atoms with Crippen molar-refractivity contribution >= 4 is 52.0 Å². The number of nitrogens with one attached hydrogen (secondary N) is 3. The molecule has 1 aromatic carbocycles. The summed E-state index contributed by atoms with van der Waals surface area (Å²) in [5.74, 6) is -2.07. The van der Waals surface area contributed by atoms with Gasteiger partial charge in [-0.15, -0.1) is 0 Å². The number of pyridine rings is 2. The number of allylic oxidation sites excluding steroid dienone is 1. The van der Waals surface area contributed by atoms with Crippen LogP contribution in [0.5, 0.6) is 0 Å². The van der Waals surface area contributed by atoms with Gasteiger partial charge in [0.05, 0.1) is 35.1 Å². The summed E-state index contributed by atoms with van der Waals surface area (Å²) >= 11 is 5.93. The first-order valence-electron chi connectivity index (χ1n) is 9.13. The number of hydrogen-bond donors (Lipinski definition) is 3. The van der Waals surface area contributed by atoms with Gasteiger partial charge in [0.25, 0.3) is 5.91 Å². The van der Waals surface area contributed by atoms with Gasteiger partial charge < -0.3 is 20.8 Å². The Morgan fingerprint density at radius 1 is 1.15 bits per heavy atom. The quantitative estimate of drug-likeness (QED) is 0.272. The van der Waals surface area contributed by atoms with Crippen LogP contribution in [0.3, 0.4) is 0 Å². The molecule has 0 unspecified atom stereocenters. The molecule has 0 saturated heterocycles. The van der Waals surface area contributed by atoms with E-state index < -0.39 is 29.3 Å². The van der Waals surface area contributed by atoms with E-state index in [-0.39, 0.29) is 28.3 Å². The minimum absolute atomic E-state index is 0.0483. The van der Waals surface area contributed by atoms with Gasteiger partial charge in [0, 0.05) is 23.5 Å². The zero-order valence-corrected chi connectivity index (χ0v) is 17.6. The average Bonchev–Trinajstić information content (AvgIpc) is 2.78. The molecule has 0 aliphatic carbocycles. The Kier molecular flexibility index (Phi) is 6.92. The van der Waals surface area contributed by atoms with Gasteiger partial charge in [-0.05, 0) is 30.3 Å². The van der Waals surface area contributed by atoms with Crippen LogP contribution in [0.4, 0.5) is 24.5 Å². The summed E-state index contributed by atoms with van der Waals surface area (Å²) in [7, 11) is 1.12. The third-order valence-electron chi connectivity index (χ3n) is 4.32. The van der Waals surface area contributed by atoms with Crippen molar-refractivity contribution in [2.75, 3.05) is 17.7 Å². The predicted octanol–water partition coefficient (Wildman–Crippen LogP) is 4.59. The van der Waals surface area contributed by atoms with Crippen LogP contribution < -0.4 is 10.6 Å². The minimum atomic E-state index is -5.00. The monoisotopic (exact) mass is 477 g/mol. The van der Waals surface area contributed by atoms with Crippen LogP contribution in [0.2, 0.25) is 5.02 Å². The highest BCUT2D eigenvalue weighted by atomic mass is 35.5. The fourth-order valence-corrected chi connectivity index (χ4v) is 3.08. The predicted molar refractivity (Wildman–Crippen MR) is 116 cm³/mol. The number of rotatable bonds is 6. The number of fused-ring (bicyclic) bond motifs is 1. The van der Waals surface area contributed by atoms with E-state index in [9.17, 15) is 22.8 Å². The van der Waals surface area contributed by atoms with Gasteiger partial charge in [0.15, 0.2) is 5.69 Å². The number of benzene rings is 1. The lowest BCUT2D eigenvalue weighted by molar-refractivity contribution is -0.114. The first-order chi connectivity index (χ1) is 15.7. The Morgan fingerprint density at radius 3 is 2.55 bits per heavy atom. The normalized spacial score (nSPS) is 12.0. The summed E-state index contributed by atoms with van der Waals surface area (Å²) in [5.41, 5.74) is -2.27. The highest BCUT2D eigenvalue weighted by Crippen LogP contribution is 2.32. The number of halogens is 4. The molecule has 0 radical (unpaired) electrons. The third-order valence-corrected chi connectivity index (χ3v) is 4.61. The number of alkyl halides is 3.